The molecular weight excluding hydrogens is 233 g/mol. The Morgan fingerprint density at radius 2 is 1.83 bits per heavy atom. The summed E-state index contributed by atoms with van der Waals surface area (Å²) in [5.74, 6) is 0. The molecule has 0 saturated heterocycles. The van der Waals surface area contributed by atoms with Crippen molar-refractivity contribution in [2.45, 2.75) is 4.90 Å². The van der Waals surface area contributed by atoms with E-state index in [1.807, 2.05) is 32.3 Å². The van der Waals surface area contributed by atoms with E-state index in [0.717, 1.165) is 0 Å². The van der Waals surface area contributed by atoms with Crippen LogP contribution in [0, 0.1) is 0 Å². The second kappa shape index (κ2) is 4.70. The van der Waals surface area contributed by atoms with Gasteiger partial charge < -0.3 is 0 Å². The summed E-state index contributed by atoms with van der Waals surface area (Å²) in [4.78, 5) is 3.33. The quantitative estimate of drug-likeness (QED) is 0.587. The van der Waals surface area contributed by atoms with Crippen LogP contribution in [0.25, 0.3) is 0 Å². The third kappa shape index (κ3) is 3.02. The zero-order valence-electron chi connectivity index (χ0n) is 7.15. The fourth-order valence-corrected chi connectivity index (χ4v) is 1.96. The van der Waals surface area contributed by atoms with Crippen molar-refractivity contribution in [2.75, 3.05) is 14.1 Å². The Labute approximate surface area is 85.5 Å². The number of hydrogen-bond donors (Lipinski definition) is 0. The molecule has 3 heteroatoms. The van der Waals surface area contributed by atoms with E-state index in [1.54, 1.807) is 11.8 Å². The third-order valence-electron chi connectivity index (χ3n) is 1.31. The van der Waals surface area contributed by atoms with Gasteiger partial charge in [0.2, 0.25) is 0 Å². The summed E-state index contributed by atoms with van der Waals surface area (Å²) in [5.41, 5.74) is 0. The van der Waals surface area contributed by atoms with Crippen molar-refractivity contribution in [1.82, 2.24) is 4.90 Å². The van der Waals surface area contributed by atoms with Crippen LogP contribution >= 0.6 is 11.8 Å². The maximum absolute atomic E-state index is 3.03. The molecule has 0 saturated carbocycles. The van der Waals surface area contributed by atoms with Gasteiger partial charge in [0.05, 0.1) is 0 Å². The van der Waals surface area contributed by atoms with Crippen LogP contribution in [0.5, 0.6) is 0 Å². The number of nitrogens with zero attached hydrogens (tertiary/aromatic N) is 1. The van der Waals surface area contributed by atoms with Gasteiger partial charge in [0, 0.05) is 0 Å². The molecule has 1 nitrogen and oxygen atoms in total. The first-order valence-corrected chi connectivity index (χ1v) is 5.31. The first-order chi connectivity index (χ1) is 5.70. The van der Waals surface area contributed by atoms with Gasteiger partial charge in [0.15, 0.2) is 0 Å². The van der Waals surface area contributed by atoms with E-state index in [0.29, 0.717) is 0 Å². The minimum absolute atomic E-state index is 1.18. The van der Waals surface area contributed by atoms with Gasteiger partial charge in [0.1, 0.15) is 0 Å². The van der Waals surface area contributed by atoms with E-state index in [4.69, 9.17) is 0 Å². The Morgan fingerprint density at radius 1 is 1.25 bits per heavy atom. The van der Waals surface area contributed by atoms with Crippen LogP contribution in [0.1, 0.15) is 0 Å². The van der Waals surface area contributed by atoms with Gasteiger partial charge in [-0.2, -0.15) is 0 Å². The van der Waals surface area contributed by atoms with Crippen molar-refractivity contribution < 1.29 is 0 Å². The molecule has 1 aromatic carbocycles. The summed E-state index contributed by atoms with van der Waals surface area (Å²) in [6.45, 7) is 0. The van der Waals surface area contributed by atoms with Crippen LogP contribution < -0.4 is 0 Å². The molecule has 64 valence electrons. The van der Waals surface area contributed by atoms with Crippen molar-refractivity contribution in [2.24, 2.45) is 0 Å². The maximum atomic E-state index is 3.03. The molecule has 0 fully saturated rings. The van der Waals surface area contributed by atoms with Gasteiger partial charge in [-0.1, -0.05) is 0 Å². The second-order valence-corrected chi connectivity index (χ2v) is 5.03. The molecule has 12 heavy (non-hydrogen) atoms. The summed E-state index contributed by atoms with van der Waals surface area (Å²) >= 11 is 4.77. The predicted molar refractivity (Wildman–Crippen MR) is 56.7 cm³/mol. The van der Waals surface area contributed by atoms with Crippen molar-refractivity contribution in [1.29, 1.82) is 0 Å². The molecule has 1 rings (SSSR count). The molecule has 0 spiro atoms. The van der Waals surface area contributed by atoms with Crippen LogP contribution in [0.15, 0.2) is 35.2 Å². The van der Waals surface area contributed by atoms with E-state index in [-0.39, 0.29) is 0 Å². The van der Waals surface area contributed by atoms with Crippen LogP contribution in [0.4, 0.5) is 0 Å². The standard InChI is InChI=1S/C9H11NSSe/c1-10(2)9(12)11-8-6-4-3-5-7-8/h3-7H,1-2H3. The van der Waals surface area contributed by atoms with E-state index in [9.17, 15) is 0 Å². The Balaban J connectivity index is 2.59. The SMILES string of the molecule is CN(C)C(=[Se])Sc1ccccc1. The summed E-state index contributed by atoms with van der Waals surface area (Å²) in [5, 5.41) is 0. The Bertz CT molecular complexity index is 258. The fraction of sp³-hybridized carbons (Fsp3) is 0.222. The molecule has 1 aromatic rings. The Hall–Kier alpha value is -0.241. The average molecular weight is 244 g/mol. The van der Waals surface area contributed by atoms with E-state index in [1.165, 1.54) is 8.77 Å². The van der Waals surface area contributed by atoms with Gasteiger partial charge in [0.25, 0.3) is 0 Å². The van der Waals surface area contributed by atoms with Crippen molar-refractivity contribution >= 4 is 31.2 Å². The molecular formula is C9H11NSSe. The molecule has 0 bridgehead atoms. The first-order valence-electron chi connectivity index (χ1n) is 3.64. The molecule has 0 N–H and O–H groups in total. The predicted octanol–water partition coefficient (Wildman–Crippen LogP) is 1.60. The summed E-state index contributed by atoms with van der Waals surface area (Å²) in [7, 11) is 4.06. The molecule has 0 radical (unpaired) electrons. The minimum atomic E-state index is 1.18. The number of rotatable bonds is 3. The van der Waals surface area contributed by atoms with Gasteiger partial charge in [-0.25, -0.2) is 0 Å². The van der Waals surface area contributed by atoms with Crippen molar-refractivity contribution in [3.63, 3.8) is 0 Å². The summed E-state index contributed by atoms with van der Waals surface area (Å²) in [6.07, 6.45) is 0. The number of benzene rings is 1. The van der Waals surface area contributed by atoms with Crippen molar-refractivity contribution in [3.05, 3.63) is 30.3 Å². The summed E-state index contributed by atoms with van der Waals surface area (Å²) in [6, 6.07) is 10.3. The van der Waals surface area contributed by atoms with Gasteiger partial charge in [-0.15, -0.1) is 0 Å². The van der Waals surface area contributed by atoms with Crippen LogP contribution in [0.2, 0.25) is 0 Å². The monoisotopic (exact) mass is 245 g/mol. The van der Waals surface area contributed by atoms with Gasteiger partial charge >= 0.3 is 85.4 Å². The molecule has 0 unspecified atom stereocenters. The molecule has 0 aliphatic rings. The zero-order valence-corrected chi connectivity index (χ0v) is 9.68. The molecule has 0 aliphatic heterocycles. The van der Waals surface area contributed by atoms with Gasteiger partial charge in [-0.05, 0) is 0 Å². The van der Waals surface area contributed by atoms with Crippen LogP contribution in [-0.4, -0.2) is 38.4 Å². The van der Waals surface area contributed by atoms with E-state index < -0.39 is 0 Å². The molecule has 0 aliphatic carbocycles. The van der Waals surface area contributed by atoms with Crippen LogP contribution in [-0.2, 0) is 0 Å². The Morgan fingerprint density at radius 3 is 2.33 bits per heavy atom. The fourth-order valence-electron chi connectivity index (χ4n) is 0.681. The topological polar surface area (TPSA) is 3.24 Å². The van der Waals surface area contributed by atoms with Gasteiger partial charge in [-0.3, -0.25) is 0 Å². The number of hydrogen-bond acceptors (Lipinski definition) is 2. The Kier molecular flexibility index (Phi) is 3.86. The molecule has 0 amide bonds. The summed E-state index contributed by atoms with van der Waals surface area (Å²) < 4.78 is 1.18. The second-order valence-electron chi connectivity index (χ2n) is 2.58. The van der Waals surface area contributed by atoms with Crippen LogP contribution in [0.3, 0.4) is 0 Å². The third-order valence-corrected chi connectivity index (χ3v) is 3.65. The average Bonchev–Trinajstić information content (AvgIpc) is 2.06. The number of thioether (sulfide) groups is 1. The van der Waals surface area contributed by atoms with E-state index >= 15 is 0 Å². The zero-order chi connectivity index (χ0) is 8.97. The van der Waals surface area contributed by atoms with Crippen molar-refractivity contribution in [3.8, 4) is 0 Å². The molecule has 0 aromatic heterocycles. The normalized spacial score (nSPS) is 9.50. The first kappa shape index (κ1) is 9.84. The van der Waals surface area contributed by atoms with E-state index in [2.05, 4.69) is 32.6 Å². The molecule has 0 atom stereocenters. The molecule has 0 heterocycles.